The predicted molar refractivity (Wildman–Crippen MR) is 50.3 cm³/mol. The Bertz CT molecular complexity index is 112. The fourth-order valence-corrected chi connectivity index (χ4v) is 0.705. The maximum Gasteiger partial charge on any atom is 0.102 e. The first kappa shape index (κ1) is 12.8. The van der Waals surface area contributed by atoms with E-state index in [1.165, 1.54) is 13.8 Å². The summed E-state index contributed by atoms with van der Waals surface area (Å²) in [7, 11) is 0. The summed E-state index contributed by atoms with van der Waals surface area (Å²) in [6.45, 7) is 7.33. The van der Waals surface area contributed by atoms with Crippen LogP contribution in [0.4, 0.5) is 8.78 Å². The van der Waals surface area contributed by atoms with Gasteiger partial charge in [-0.1, -0.05) is 13.8 Å². The lowest BCUT2D eigenvalue weighted by molar-refractivity contribution is 0.0401. The van der Waals surface area contributed by atoms with E-state index in [2.05, 4.69) is 0 Å². The summed E-state index contributed by atoms with van der Waals surface area (Å²) in [6.07, 6.45) is -1.73. The Balaban J connectivity index is 3.45. The highest BCUT2D eigenvalue weighted by Crippen LogP contribution is 2.10. The molecule has 0 aromatic rings. The molecule has 0 bridgehead atoms. The van der Waals surface area contributed by atoms with E-state index in [1.54, 1.807) is 13.8 Å². The van der Waals surface area contributed by atoms with Gasteiger partial charge in [0, 0.05) is 11.8 Å². The molecule has 0 N–H and O–H groups in total. The van der Waals surface area contributed by atoms with Gasteiger partial charge in [0.25, 0.3) is 0 Å². The van der Waals surface area contributed by atoms with E-state index in [4.69, 9.17) is 4.74 Å². The molecule has 80 valence electrons. The lowest BCUT2D eigenvalue weighted by Crippen LogP contribution is -2.20. The van der Waals surface area contributed by atoms with Crippen molar-refractivity contribution in [2.45, 2.75) is 40.0 Å². The average molecular weight is 194 g/mol. The zero-order chi connectivity index (χ0) is 10.4. The van der Waals surface area contributed by atoms with E-state index in [1.807, 2.05) is 0 Å². The Labute approximate surface area is 79.5 Å². The van der Waals surface area contributed by atoms with Crippen LogP contribution in [0.2, 0.25) is 0 Å². The molecule has 3 heteroatoms. The van der Waals surface area contributed by atoms with Gasteiger partial charge in [-0.2, -0.15) is 0 Å². The van der Waals surface area contributed by atoms with E-state index >= 15 is 0 Å². The molecule has 0 radical (unpaired) electrons. The number of rotatable bonds is 6. The molecule has 0 amide bonds. The van der Waals surface area contributed by atoms with Gasteiger partial charge >= 0.3 is 0 Å². The lowest BCUT2D eigenvalue weighted by atomic mass is 10.1. The molecular weight excluding hydrogens is 174 g/mol. The number of ether oxygens (including phenoxy) is 1. The Morgan fingerprint density at radius 1 is 0.846 bits per heavy atom. The van der Waals surface area contributed by atoms with Crippen LogP contribution in [0.3, 0.4) is 0 Å². The number of hydrogen-bond acceptors (Lipinski definition) is 1. The van der Waals surface area contributed by atoms with Crippen molar-refractivity contribution < 1.29 is 13.5 Å². The summed E-state index contributed by atoms with van der Waals surface area (Å²) in [5.74, 6) is -0.218. The number of halogens is 2. The first-order valence-electron chi connectivity index (χ1n) is 4.81. The Kier molecular flexibility index (Phi) is 6.21. The summed E-state index contributed by atoms with van der Waals surface area (Å²) in [6, 6.07) is 0. The van der Waals surface area contributed by atoms with Crippen molar-refractivity contribution >= 4 is 0 Å². The smallest absolute Gasteiger partial charge is 0.102 e. The third-order valence-corrected chi connectivity index (χ3v) is 2.33. The fourth-order valence-electron chi connectivity index (χ4n) is 0.705. The van der Waals surface area contributed by atoms with Gasteiger partial charge in [-0.3, -0.25) is 0 Å². The fraction of sp³-hybridized carbons (Fsp3) is 1.00. The zero-order valence-electron chi connectivity index (χ0n) is 8.89. The van der Waals surface area contributed by atoms with Crippen molar-refractivity contribution in [3.63, 3.8) is 0 Å². The van der Waals surface area contributed by atoms with Gasteiger partial charge in [0.15, 0.2) is 0 Å². The summed E-state index contributed by atoms with van der Waals surface area (Å²) in [5, 5.41) is 0. The van der Waals surface area contributed by atoms with Gasteiger partial charge in [0.2, 0.25) is 0 Å². The third kappa shape index (κ3) is 5.97. The molecule has 1 nitrogen and oxygen atoms in total. The van der Waals surface area contributed by atoms with Crippen LogP contribution >= 0.6 is 0 Å². The van der Waals surface area contributed by atoms with Crippen molar-refractivity contribution in [3.05, 3.63) is 0 Å². The first-order valence-corrected chi connectivity index (χ1v) is 4.81. The maximum atomic E-state index is 12.6. The molecule has 13 heavy (non-hydrogen) atoms. The molecule has 0 saturated heterocycles. The second-order valence-corrected chi connectivity index (χ2v) is 3.85. The van der Waals surface area contributed by atoms with Crippen molar-refractivity contribution in [2.75, 3.05) is 13.2 Å². The number of alkyl halides is 2. The number of hydrogen-bond donors (Lipinski definition) is 0. The second-order valence-electron chi connectivity index (χ2n) is 3.85. The lowest BCUT2D eigenvalue weighted by Gasteiger charge is -2.16. The molecule has 0 heterocycles. The molecule has 0 aliphatic heterocycles. The van der Waals surface area contributed by atoms with Gasteiger partial charge in [-0.05, 0) is 13.8 Å². The Hall–Kier alpha value is -0.180. The van der Waals surface area contributed by atoms with E-state index in [9.17, 15) is 8.78 Å². The molecular formula is C10H20F2O. The van der Waals surface area contributed by atoms with Gasteiger partial charge in [-0.15, -0.1) is 0 Å². The largest absolute Gasteiger partial charge is 0.381 e. The molecule has 0 saturated carbocycles. The van der Waals surface area contributed by atoms with Crippen molar-refractivity contribution in [1.29, 1.82) is 0 Å². The minimum absolute atomic E-state index is 0.109. The van der Waals surface area contributed by atoms with Crippen LogP contribution < -0.4 is 0 Å². The summed E-state index contributed by atoms with van der Waals surface area (Å²) >= 11 is 0. The standard InChI is InChI=1S/C10H20F2O/c1-7(9(3)11)5-13-6-8(2)10(4)12/h7-10H,5-6H2,1-4H3. The molecule has 0 aliphatic rings. The molecule has 4 atom stereocenters. The van der Waals surface area contributed by atoms with Crippen molar-refractivity contribution in [2.24, 2.45) is 11.8 Å². The summed E-state index contributed by atoms with van der Waals surface area (Å²) < 4.78 is 30.4. The van der Waals surface area contributed by atoms with E-state index in [0.717, 1.165) is 0 Å². The minimum Gasteiger partial charge on any atom is -0.381 e. The topological polar surface area (TPSA) is 9.23 Å². The van der Waals surface area contributed by atoms with Crippen LogP contribution in [0.5, 0.6) is 0 Å². The highest BCUT2D eigenvalue weighted by molar-refractivity contribution is 4.61. The SMILES string of the molecule is CC(F)C(C)COCC(C)C(C)F. The van der Waals surface area contributed by atoms with Crippen molar-refractivity contribution in [3.8, 4) is 0 Å². The maximum absolute atomic E-state index is 12.6. The van der Waals surface area contributed by atoms with Crippen LogP contribution in [-0.4, -0.2) is 25.6 Å². The zero-order valence-corrected chi connectivity index (χ0v) is 8.89. The van der Waals surface area contributed by atoms with E-state index < -0.39 is 12.3 Å². The van der Waals surface area contributed by atoms with Gasteiger partial charge < -0.3 is 4.74 Å². The molecule has 0 rings (SSSR count). The Morgan fingerprint density at radius 2 is 1.15 bits per heavy atom. The monoisotopic (exact) mass is 194 g/mol. The van der Waals surface area contributed by atoms with Crippen LogP contribution in [0.15, 0.2) is 0 Å². The normalized spacial score (nSPS) is 20.8. The first-order chi connectivity index (χ1) is 5.95. The molecule has 0 fully saturated rings. The molecule has 0 aromatic heterocycles. The molecule has 4 unspecified atom stereocenters. The van der Waals surface area contributed by atoms with E-state index in [-0.39, 0.29) is 11.8 Å². The molecule has 0 aromatic carbocycles. The quantitative estimate of drug-likeness (QED) is 0.631. The van der Waals surface area contributed by atoms with Crippen LogP contribution in [-0.2, 0) is 4.74 Å². The summed E-state index contributed by atoms with van der Waals surface area (Å²) in [5.41, 5.74) is 0. The predicted octanol–water partition coefficient (Wildman–Crippen LogP) is 2.99. The van der Waals surface area contributed by atoms with Gasteiger partial charge in [0.1, 0.15) is 12.3 Å². The Morgan fingerprint density at radius 3 is 1.38 bits per heavy atom. The molecule has 0 spiro atoms. The van der Waals surface area contributed by atoms with Crippen LogP contribution in [0.25, 0.3) is 0 Å². The molecule has 0 aliphatic carbocycles. The van der Waals surface area contributed by atoms with Crippen molar-refractivity contribution in [1.82, 2.24) is 0 Å². The van der Waals surface area contributed by atoms with Gasteiger partial charge in [-0.25, -0.2) is 8.78 Å². The average Bonchev–Trinajstić information content (AvgIpc) is 2.03. The van der Waals surface area contributed by atoms with Crippen LogP contribution in [0.1, 0.15) is 27.7 Å². The highest BCUT2D eigenvalue weighted by Gasteiger charge is 2.14. The second kappa shape index (κ2) is 6.30. The third-order valence-electron chi connectivity index (χ3n) is 2.33. The minimum atomic E-state index is -0.863. The van der Waals surface area contributed by atoms with Crippen LogP contribution in [0, 0.1) is 11.8 Å². The van der Waals surface area contributed by atoms with E-state index in [0.29, 0.717) is 13.2 Å². The highest BCUT2D eigenvalue weighted by atomic mass is 19.1. The van der Waals surface area contributed by atoms with Gasteiger partial charge in [0.05, 0.1) is 13.2 Å². The summed E-state index contributed by atoms with van der Waals surface area (Å²) in [4.78, 5) is 0.